The van der Waals surface area contributed by atoms with Crippen LogP contribution in [0.5, 0.6) is 0 Å². The van der Waals surface area contributed by atoms with E-state index < -0.39 is 10.0 Å². The molecule has 1 aliphatic heterocycles. The van der Waals surface area contributed by atoms with Crippen molar-refractivity contribution in [3.8, 4) is 22.5 Å². The second-order valence-electron chi connectivity index (χ2n) is 9.10. The lowest BCUT2D eigenvalue weighted by molar-refractivity contribution is 0.0730. The molecule has 6 rings (SSSR count). The molecule has 0 atom stereocenters. The molecule has 3 aromatic carbocycles. The smallest absolute Gasteiger partial charge is 0.243 e. The van der Waals surface area contributed by atoms with Gasteiger partial charge < -0.3 is 10.1 Å². The molecule has 10 heteroatoms. The highest BCUT2D eigenvalue weighted by Gasteiger charge is 2.26. The average Bonchev–Trinajstić information content (AvgIpc) is 3.01. The van der Waals surface area contributed by atoms with Crippen LogP contribution in [-0.2, 0) is 21.3 Å². The Morgan fingerprint density at radius 2 is 1.56 bits per heavy atom. The number of ether oxygens (including phenoxy) is 1. The SMILES string of the molecule is O=S(=O)(c1ccc(CNc2nc(-c3cncnc3)nc3cccc(-c4ccccc4)c23)cc1)N1CCOCC1. The fourth-order valence-electron chi connectivity index (χ4n) is 4.61. The summed E-state index contributed by atoms with van der Waals surface area (Å²) in [4.78, 5) is 18.2. The largest absolute Gasteiger partial charge is 0.379 e. The summed E-state index contributed by atoms with van der Waals surface area (Å²) in [6.07, 6.45) is 4.85. The van der Waals surface area contributed by atoms with Gasteiger partial charge in [0.15, 0.2) is 5.82 Å². The minimum absolute atomic E-state index is 0.276. The molecular formula is C29H26N6O3S. The molecule has 0 saturated carbocycles. The molecule has 3 heterocycles. The number of hydrogen-bond donors (Lipinski definition) is 1. The normalized spacial score (nSPS) is 14.4. The van der Waals surface area contributed by atoms with Crippen molar-refractivity contribution in [1.29, 1.82) is 0 Å². The first-order chi connectivity index (χ1) is 19.1. The molecule has 1 N–H and O–H groups in total. The monoisotopic (exact) mass is 538 g/mol. The lowest BCUT2D eigenvalue weighted by Crippen LogP contribution is -2.40. The second-order valence-corrected chi connectivity index (χ2v) is 11.0. The van der Waals surface area contributed by atoms with Gasteiger partial charge in [-0.15, -0.1) is 0 Å². The quantitative estimate of drug-likeness (QED) is 0.325. The van der Waals surface area contributed by atoms with E-state index >= 15 is 0 Å². The van der Waals surface area contributed by atoms with Gasteiger partial charge in [-0.25, -0.2) is 28.4 Å². The van der Waals surface area contributed by atoms with Gasteiger partial charge in [0, 0.05) is 32.0 Å². The molecule has 1 saturated heterocycles. The van der Waals surface area contributed by atoms with E-state index in [1.54, 1.807) is 24.5 Å². The molecule has 0 aliphatic carbocycles. The Morgan fingerprint density at radius 3 is 2.31 bits per heavy atom. The highest BCUT2D eigenvalue weighted by Crippen LogP contribution is 2.34. The molecule has 9 nitrogen and oxygen atoms in total. The maximum absolute atomic E-state index is 13.0. The van der Waals surface area contributed by atoms with Crippen LogP contribution >= 0.6 is 0 Å². The first kappa shape index (κ1) is 25.1. The van der Waals surface area contributed by atoms with Crippen molar-refractivity contribution in [1.82, 2.24) is 24.2 Å². The first-order valence-electron chi connectivity index (χ1n) is 12.6. The third-order valence-electron chi connectivity index (χ3n) is 6.62. The molecule has 1 fully saturated rings. The second kappa shape index (κ2) is 10.9. The fourth-order valence-corrected chi connectivity index (χ4v) is 6.02. The molecule has 0 spiro atoms. The van der Waals surface area contributed by atoms with Crippen LogP contribution in [0.2, 0.25) is 0 Å². The zero-order chi connectivity index (χ0) is 26.7. The summed E-state index contributed by atoms with van der Waals surface area (Å²) in [5.74, 6) is 1.19. The van der Waals surface area contributed by atoms with Gasteiger partial charge in [-0.3, -0.25) is 0 Å². The van der Waals surface area contributed by atoms with Crippen molar-refractivity contribution >= 4 is 26.7 Å². The van der Waals surface area contributed by atoms with Crippen LogP contribution in [-0.4, -0.2) is 59.0 Å². The van der Waals surface area contributed by atoms with Crippen molar-refractivity contribution in [2.24, 2.45) is 0 Å². The zero-order valence-corrected chi connectivity index (χ0v) is 21.9. The first-order valence-corrected chi connectivity index (χ1v) is 14.1. The minimum atomic E-state index is -3.55. The van der Waals surface area contributed by atoms with Crippen LogP contribution in [0.15, 0.2) is 96.4 Å². The molecule has 0 radical (unpaired) electrons. The number of hydrogen-bond acceptors (Lipinski definition) is 8. The van der Waals surface area contributed by atoms with Crippen LogP contribution in [0.25, 0.3) is 33.4 Å². The highest BCUT2D eigenvalue weighted by molar-refractivity contribution is 7.89. The minimum Gasteiger partial charge on any atom is -0.379 e. The topological polar surface area (TPSA) is 110 Å². The Labute approximate surface area is 226 Å². The van der Waals surface area contributed by atoms with E-state index in [1.807, 2.05) is 42.5 Å². The van der Waals surface area contributed by atoms with Crippen molar-refractivity contribution < 1.29 is 13.2 Å². The summed E-state index contributed by atoms with van der Waals surface area (Å²) in [7, 11) is -3.55. The predicted octanol–water partition coefficient (Wildman–Crippen LogP) is 4.39. The number of anilines is 1. The van der Waals surface area contributed by atoms with Crippen LogP contribution in [0.4, 0.5) is 5.82 Å². The van der Waals surface area contributed by atoms with Crippen LogP contribution in [0.3, 0.4) is 0 Å². The Bertz CT molecular complexity index is 1690. The number of nitrogens with one attached hydrogen (secondary N) is 1. The zero-order valence-electron chi connectivity index (χ0n) is 21.1. The van der Waals surface area contributed by atoms with Gasteiger partial charge in [0.25, 0.3) is 0 Å². The molecular weight excluding hydrogens is 512 g/mol. The number of nitrogens with zero attached hydrogens (tertiary/aromatic N) is 5. The summed E-state index contributed by atoms with van der Waals surface area (Å²) < 4.78 is 32.8. The molecule has 0 unspecified atom stereocenters. The van der Waals surface area contributed by atoms with Gasteiger partial charge >= 0.3 is 0 Å². The number of aromatic nitrogens is 4. The Kier molecular flexibility index (Phi) is 6.97. The molecule has 196 valence electrons. The van der Waals surface area contributed by atoms with Gasteiger partial charge in [0.05, 0.1) is 34.6 Å². The molecule has 5 aromatic rings. The van der Waals surface area contributed by atoms with Crippen molar-refractivity contribution in [2.75, 3.05) is 31.6 Å². The maximum atomic E-state index is 13.0. The predicted molar refractivity (Wildman–Crippen MR) is 149 cm³/mol. The van der Waals surface area contributed by atoms with Crippen molar-refractivity contribution in [3.05, 3.63) is 97.1 Å². The van der Waals surface area contributed by atoms with Gasteiger partial charge in [-0.1, -0.05) is 54.6 Å². The lowest BCUT2D eigenvalue weighted by atomic mass is 10.0. The average molecular weight is 539 g/mol. The molecule has 39 heavy (non-hydrogen) atoms. The molecule has 1 aliphatic rings. The number of fused-ring (bicyclic) bond motifs is 1. The molecule has 2 aromatic heterocycles. The van der Waals surface area contributed by atoms with E-state index in [4.69, 9.17) is 14.7 Å². The number of benzene rings is 3. The highest BCUT2D eigenvalue weighted by atomic mass is 32.2. The van der Waals surface area contributed by atoms with Crippen LogP contribution < -0.4 is 5.32 Å². The van der Waals surface area contributed by atoms with Crippen molar-refractivity contribution in [3.63, 3.8) is 0 Å². The Morgan fingerprint density at radius 1 is 0.821 bits per heavy atom. The van der Waals surface area contributed by atoms with E-state index in [2.05, 4.69) is 33.5 Å². The van der Waals surface area contributed by atoms with E-state index in [0.717, 1.165) is 27.6 Å². The van der Waals surface area contributed by atoms with Gasteiger partial charge in [-0.05, 0) is 34.9 Å². The molecule has 0 bridgehead atoms. The maximum Gasteiger partial charge on any atom is 0.243 e. The number of rotatable bonds is 7. The summed E-state index contributed by atoms with van der Waals surface area (Å²) >= 11 is 0. The van der Waals surface area contributed by atoms with E-state index in [-0.39, 0.29) is 4.90 Å². The third-order valence-corrected chi connectivity index (χ3v) is 8.53. The van der Waals surface area contributed by atoms with Gasteiger partial charge in [0.1, 0.15) is 12.1 Å². The number of sulfonamides is 1. The number of morpholine rings is 1. The summed E-state index contributed by atoms with van der Waals surface area (Å²) in [5, 5.41) is 4.38. The summed E-state index contributed by atoms with van der Waals surface area (Å²) in [5.41, 5.74) is 4.50. The van der Waals surface area contributed by atoms with E-state index in [0.29, 0.717) is 50.1 Å². The third kappa shape index (κ3) is 5.22. The van der Waals surface area contributed by atoms with Crippen LogP contribution in [0.1, 0.15) is 5.56 Å². The fraction of sp³-hybridized carbons (Fsp3) is 0.172. The lowest BCUT2D eigenvalue weighted by Gasteiger charge is -2.26. The standard InChI is InChI=1S/C29H26N6O3S/c36-39(37,35-13-15-38-16-14-35)24-11-9-21(10-12-24)17-32-29-27-25(22-5-2-1-3-6-22)7-4-8-26(27)33-28(34-29)23-18-30-20-31-19-23/h1-12,18-20H,13-17H2,(H,32,33,34). The van der Waals surface area contributed by atoms with Crippen LogP contribution in [0, 0.1) is 0 Å². The van der Waals surface area contributed by atoms with Gasteiger partial charge in [-0.2, -0.15) is 4.31 Å². The summed E-state index contributed by atoms with van der Waals surface area (Å²) in [6.45, 7) is 2.00. The van der Waals surface area contributed by atoms with Crippen molar-refractivity contribution in [2.45, 2.75) is 11.4 Å². The summed E-state index contributed by atoms with van der Waals surface area (Å²) in [6, 6.07) is 23.1. The van der Waals surface area contributed by atoms with E-state index in [9.17, 15) is 8.42 Å². The Hall–Kier alpha value is -4.25. The van der Waals surface area contributed by atoms with Gasteiger partial charge in [0.2, 0.25) is 10.0 Å². The Balaban J connectivity index is 1.34. The molecule has 0 amide bonds. The van der Waals surface area contributed by atoms with E-state index in [1.165, 1.54) is 10.6 Å².